The summed E-state index contributed by atoms with van der Waals surface area (Å²) >= 11 is 0. The van der Waals surface area contributed by atoms with Gasteiger partial charge in [-0.25, -0.2) is 0 Å². The van der Waals surface area contributed by atoms with Gasteiger partial charge in [-0.15, -0.1) is 0 Å². The lowest BCUT2D eigenvalue weighted by Crippen LogP contribution is -2.62. The van der Waals surface area contributed by atoms with Gasteiger partial charge in [0.05, 0.1) is 6.10 Å². The number of rotatable bonds is 7. The van der Waals surface area contributed by atoms with Crippen LogP contribution in [0.5, 0.6) is 0 Å². The van der Waals surface area contributed by atoms with Crippen LogP contribution in [0.15, 0.2) is 0 Å². The minimum absolute atomic E-state index is 0.351. The molecular weight excluding hydrogens is 198 g/mol. The average molecular weight is 227 g/mol. The van der Waals surface area contributed by atoms with Gasteiger partial charge in [0.15, 0.2) is 0 Å². The van der Waals surface area contributed by atoms with Gasteiger partial charge in [0.25, 0.3) is 0 Å². The summed E-state index contributed by atoms with van der Waals surface area (Å²) < 4.78 is 6.02. The maximum atomic E-state index is 6.02. The molecule has 0 aliphatic heterocycles. The molecule has 0 saturated heterocycles. The van der Waals surface area contributed by atoms with Gasteiger partial charge in [-0.3, -0.25) is 0 Å². The van der Waals surface area contributed by atoms with E-state index in [4.69, 9.17) is 4.74 Å². The Labute approximate surface area is 101 Å². The number of nitrogens with one attached hydrogen (secondary N) is 1. The summed E-state index contributed by atoms with van der Waals surface area (Å²) in [6, 6.07) is 0.662. The predicted molar refractivity (Wildman–Crippen MR) is 69.7 cm³/mol. The molecule has 0 radical (unpaired) electrons. The molecule has 0 bridgehead atoms. The van der Waals surface area contributed by atoms with Crippen molar-refractivity contribution in [2.45, 2.75) is 66.0 Å². The van der Waals surface area contributed by atoms with E-state index in [1.807, 2.05) is 0 Å². The quantitative estimate of drug-likeness (QED) is 0.721. The van der Waals surface area contributed by atoms with Crippen LogP contribution in [0.3, 0.4) is 0 Å². The highest BCUT2D eigenvalue weighted by Crippen LogP contribution is 2.45. The summed E-state index contributed by atoms with van der Waals surface area (Å²) in [6.45, 7) is 13.4. The average Bonchev–Trinajstić information content (AvgIpc) is 2.25. The minimum atomic E-state index is 0.351. The van der Waals surface area contributed by atoms with Gasteiger partial charge in [-0.05, 0) is 31.7 Å². The van der Waals surface area contributed by atoms with E-state index in [-0.39, 0.29) is 0 Å². The highest BCUT2D eigenvalue weighted by molar-refractivity contribution is 5.04. The first-order valence-electron chi connectivity index (χ1n) is 6.89. The molecular formula is C14H29NO. The topological polar surface area (TPSA) is 21.3 Å². The molecule has 1 aliphatic rings. The van der Waals surface area contributed by atoms with Crippen molar-refractivity contribution < 1.29 is 4.74 Å². The fourth-order valence-corrected chi connectivity index (χ4v) is 2.49. The Balaban J connectivity index is 2.39. The van der Waals surface area contributed by atoms with E-state index >= 15 is 0 Å². The van der Waals surface area contributed by atoms with Crippen molar-refractivity contribution >= 4 is 0 Å². The lowest BCUT2D eigenvalue weighted by atomic mass is 9.61. The van der Waals surface area contributed by atoms with Crippen molar-refractivity contribution in [3.63, 3.8) is 0 Å². The van der Waals surface area contributed by atoms with Crippen molar-refractivity contribution in [1.82, 2.24) is 5.32 Å². The highest BCUT2D eigenvalue weighted by Gasteiger charge is 2.50. The van der Waals surface area contributed by atoms with E-state index in [0.29, 0.717) is 23.5 Å². The summed E-state index contributed by atoms with van der Waals surface area (Å²) in [6.07, 6.45) is 4.08. The van der Waals surface area contributed by atoms with Crippen molar-refractivity contribution in [1.29, 1.82) is 0 Å². The van der Waals surface area contributed by atoms with Crippen LogP contribution in [0.1, 0.15) is 53.9 Å². The molecule has 1 rings (SSSR count). The van der Waals surface area contributed by atoms with E-state index in [2.05, 4.69) is 39.9 Å². The predicted octanol–water partition coefficient (Wildman–Crippen LogP) is 3.22. The molecule has 2 heteroatoms. The van der Waals surface area contributed by atoms with Gasteiger partial charge < -0.3 is 10.1 Å². The molecule has 0 amide bonds. The third-order valence-electron chi connectivity index (χ3n) is 4.01. The van der Waals surface area contributed by atoms with Crippen LogP contribution in [0.25, 0.3) is 0 Å². The Morgan fingerprint density at radius 1 is 1.38 bits per heavy atom. The molecule has 0 spiro atoms. The van der Waals surface area contributed by atoms with Gasteiger partial charge in [-0.2, -0.15) is 0 Å². The van der Waals surface area contributed by atoms with Crippen LogP contribution < -0.4 is 5.32 Å². The van der Waals surface area contributed by atoms with E-state index in [1.54, 1.807) is 0 Å². The molecule has 0 aromatic heterocycles. The maximum absolute atomic E-state index is 6.02. The van der Waals surface area contributed by atoms with Gasteiger partial charge in [-0.1, -0.05) is 34.6 Å². The first-order valence-corrected chi connectivity index (χ1v) is 6.89. The largest absolute Gasteiger partial charge is 0.377 e. The first-order chi connectivity index (χ1) is 7.54. The summed E-state index contributed by atoms with van der Waals surface area (Å²) in [5, 5.41) is 3.65. The van der Waals surface area contributed by atoms with Crippen molar-refractivity contribution in [2.75, 3.05) is 13.2 Å². The van der Waals surface area contributed by atoms with Crippen LogP contribution in [0.2, 0.25) is 0 Å². The lowest BCUT2D eigenvalue weighted by molar-refractivity contribution is -0.134. The van der Waals surface area contributed by atoms with Gasteiger partial charge in [0, 0.05) is 18.1 Å². The summed E-state index contributed by atoms with van der Waals surface area (Å²) in [5.74, 6) is 0.642. The SMILES string of the molecule is CCCNC1CC(OCC(C)C)C1(C)CC. The third-order valence-corrected chi connectivity index (χ3v) is 4.01. The third kappa shape index (κ3) is 2.98. The van der Waals surface area contributed by atoms with Crippen LogP contribution in [-0.2, 0) is 4.74 Å². The van der Waals surface area contributed by atoms with E-state index in [0.717, 1.165) is 13.2 Å². The number of ether oxygens (including phenoxy) is 1. The van der Waals surface area contributed by atoms with Gasteiger partial charge in [0.1, 0.15) is 0 Å². The van der Waals surface area contributed by atoms with Gasteiger partial charge >= 0.3 is 0 Å². The summed E-state index contributed by atoms with van der Waals surface area (Å²) in [5.41, 5.74) is 0.351. The first kappa shape index (κ1) is 14.0. The van der Waals surface area contributed by atoms with Crippen LogP contribution in [0.4, 0.5) is 0 Å². The number of hydrogen-bond acceptors (Lipinski definition) is 2. The summed E-state index contributed by atoms with van der Waals surface area (Å²) in [7, 11) is 0. The zero-order chi connectivity index (χ0) is 12.2. The van der Waals surface area contributed by atoms with Crippen molar-refractivity contribution in [2.24, 2.45) is 11.3 Å². The molecule has 0 aromatic rings. The molecule has 3 atom stereocenters. The Morgan fingerprint density at radius 3 is 2.56 bits per heavy atom. The minimum Gasteiger partial charge on any atom is -0.377 e. The smallest absolute Gasteiger partial charge is 0.0658 e. The van der Waals surface area contributed by atoms with Crippen molar-refractivity contribution in [3.05, 3.63) is 0 Å². The van der Waals surface area contributed by atoms with E-state index in [9.17, 15) is 0 Å². The maximum Gasteiger partial charge on any atom is 0.0658 e. The molecule has 1 N–H and O–H groups in total. The second-order valence-corrected chi connectivity index (χ2v) is 5.82. The fraction of sp³-hybridized carbons (Fsp3) is 1.00. The Morgan fingerprint density at radius 2 is 2.06 bits per heavy atom. The van der Waals surface area contributed by atoms with Crippen LogP contribution in [-0.4, -0.2) is 25.3 Å². The standard InChI is InChI=1S/C14H29NO/c1-6-8-15-12-9-13(14(12,5)7-2)16-10-11(3)4/h11-13,15H,6-10H2,1-5H3. The normalized spacial score (nSPS) is 34.1. The molecule has 3 unspecified atom stereocenters. The van der Waals surface area contributed by atoms with Gasteiger partial charge in [0.2, 0.25) is 0 Å². The lowest BCUT2D eigenvalue weighted by Gasteiger charge is -2.54. The summed E-state index contributed by atoms with van der Waals surface area (Å²) in [4.78, 5) is 0. The zero-order valence-electron chi connectivity index (χ0n) is 11.7. The zero-order valence-corrected chi connectivity index (χ0v) is 11.7. The van der Waals surface area contributed by atoms with Crippen LogP contribution in [0, 0.1) is 11.3 Å². The molecule has 1 aliphatic carbocycles. The molecule has 1 saturated carbocycles. The Kier molecular flexibility index (Phi) is 5.26. The van der Waals surface area contributed by atoms with Crippen molar-refractivity contribution in [3.8, 4) is 0 Å². The second kappa shape index (κ2) is 6.02. The monoisotopic (exact) mass is 227 g/mol. The molecule has 16 heavy (non-hydrogen) atoms. The number of hydrogen-bond donors (Lipinski definition) is 1. The molecule has 2 nitrogen and oxygen atoms in total. The molecule has 0 heterocycles. The van der Waals surface area contributed by atoms with Crippen LogP contribution >= 0.6 is 0 Å². The fourth-order valence-electron chi connectivity index (χ4n) is 2.49. The Hall–Kier alpha value is -0.0800. The molecule has 1 fully saturated rings. The molecule has 0 aromatic carbocycles. The highest BCUT2D eigenvalue weighted by atomic mass is 16.5. The molecule has 96 valence electrons. The van der Waals surface area contributed by atoms with E-state index < -0.39 is 0 Å². The Bertz CT molecular complexity index is 205. The van der Waals surface area contributed by atoms with E-state index in [1.165, 1.54) is 19.3 Å². The second-order valence-electron chi connectivity index (χ2n) is 5.82.